The van der Waals surface area contributed by atoms with Crippen molar-refractivity contribution in [2.75, 3.05) is 18.9 Å². The molecule has 2 amide bonds. The molecule has 1 aromatic carbocycles. The van der Waals surface area contributed by atoms with Gasteiger partial charge in [0.1, 0.15) is 0 Å². The molecular weight excluding hydrogens is 288 g/mol. The molecule has 0 saturated carbocycles. The van der Waals surface area contributed by atoms with Gasteiger partial charge in [-0.25, -0.2) is 4.79 Å². The highest BCUT2D eigenvalue weighted by atomic mass is 16.4. The molecule has 0 spiro atoms. The number of tetrazole rings is 1. The van der Waals surface area contributed by atoms with E-state index in [9.17, 15) is 9.59 Å². The number of hydrogen-bond donors (Lipinski definition) is 2. The molecule has 0 aliphatic carbocycles. The second kappa shape index (κ2) is 6.66. The van der Waals surface area contributed by atoms with Crippen LogP contribution in [0, 0.1) is 6.92 Å². The van der Waals surface area contributed by atoms with Crippen molar-refractivity contribution in [3.8, 4) is 5.69 Å². The molecule has 2 rings (SSSR count). The predicted molar refractivity (Wildman–Crippen MR) is 77.8 cm³/mol. The summed E-state index contributed by atoms with van der Waals surface area (Å²) < 4.78 is 1.55. The van der Waals surface area contributed by atoms with Crippen LogP contribution in [-0.4, -0.2) is 55.8 Å². The van der Waals surface area contributed by atoms with Crippen molar-refractivity contribution in [1.29, 1.82) is 0 Å². The first kappa shape index (κ1) is 15.4. The van der Waals surface area contributed by atoms with Crippen molar-refractivity contribution in [3.63, 3.8) is 0 Å². The normalized spacial score (nSPS) is 10.3. The highest BCUT2D eigenvalue weighted by Crippen LogP contribution is 2.15. The van der Waals surface area contributed by atoms with Crippen LogP contribution in [0.1, 0.15) is 12.2 Å². The third-order valence-corrected chi connectivity index (χ3v) is 2.98. The van der Waals surface area contributed by atoms with Gasteiger partial charge in [-0.05, 0) is 35.5 Å². The topological polar surface area (TPSA) is 113 Å². The van der Waals surface area contributed by atoms with Gasteiger partial charge in [-0.3, -0.25) is 4.79 Å². The molecular formula is C13H16N6O3. The number of benzene rings is 1. The second-order valence-corrected chi connectivity index (χ2v) is 4.68. The molecule has 0 aliphatic heterocycles. The summed E-state index contributed by atoms with van der Waals surface area (Å²) in [5.74, 6) is -0.321. The minimum Gasteiger partial charge on any atom is -0.481 e. The summed E-state index contributed by atoms with van der Waals surface area (Å²) in [6, 6.07) is 6.65. The molecule has 0 bridgehead atoms. The number of hydrogen-bond acceptors (Lipinski definition) is 5. The summed E-state index contributed by atoms with van der Waals surface area (Å²) in [6.07, 6.45) is -0.103. The third kappa shape index (κ3) is 3.78. The SMILES string of the molecule is Cc1nnnn1-c1cccc(NC(=O)N(C)CCC(=O)O)c1. The van der Waals surface area contributed by atoms with Gasteiger partial charge in [0.05, 0.1) is 12.1 Å². The van der Waals surface area contributed by atoms with Gasteiger partial charge in [-0.1, -0.05) is 6.07 Å². The van der Waals surface area contributed by atoms with Gasteiger partial charge in [0.15, 0.2) is 5.82 Å². The smallest absolute Gasteiger partial charge is 0.321 e. The van der Waals surface area contributed by atoms with Crippen LogP contribution in [0.15, 0.2) is 24.3 Å². The lowest BCUT2D eigenvalue weighted by atomic mass is 10.2. The summed E-state index contributed by atoms with van der Waals surface area (Å²) in [5.41, 5.74) is 1.29. The van der Waals surface area contributed by atoms with Crippen molar-refractivity contribution in [1.82, 2.24) is 25.1 Å². The number of nitrogens with zero attached hydrogens (tertiary/aromatic N) is 5. The predicted octanol–water partition coefficient (Wildman–Crippen LogP) is 0.909. The maximum Gasteiger partial charge on any atom is 0.321 e. The van der Waals surface area contributed by atoms with Crippen molar-refractivity contribution < 1.29 is 14.7 Å². The Hall–Kier alpha value is -2.97. The van der Waals surface area contributed by atoms with Crippen molar-refractivity contribution in [2.24, 2.45) is 0 Å². The van der Waals surface area contributed by atoms with Gasteiger partial charge in [0.25, 0.3) is 0 Å². The molecule has 0 saturated heterocycles. The van der Waals surface area contributed by atoms with Crippen LogP contribution in [0.25, 0.3) is 5.69 Å². The summed E-state index contributed by atoms with van der Waals surface area (Å²) in [7, 11) is 1.54. The van der Waals surface area contributed by atoms with Crippen molar-refractivity contribution >= 4 is 17.7 Å². The van der Waals surface area contributed by atoms with Crippen LogP contribution >= 0.6 is 0 Å². The van der Waals surface area contributed by atoms with E-state index in [2.05, 4.69) is 20.8 Å². The Kier molecular flexibility index (Phi) is 4.66. The van der Waals surface area contributed by atoms with Gasteiger partial charge in [0, 0.05) is 19.3 Å². The Morgan fingerprint density at radius 3 is 2.82 bits per heavy atom. The standard InChI is InChI=1S/C13H16N6O3/c1-9-15-16-17-19(9)11-5-3-4-10(8-11)14-13(22)18(2)7-6-12(20)21/h3-5,8H,6-7H2,1-2H3,(H,14,22)(H,20,21). The van der Waals surface area contributed by atoms with Gasteiger partial charge in [0.2, 0.25) is 0 Å². The van der Waals surface area contributed by atoms with Crippen LogP contribution in [0.3, 0.4) is 0 Å². The van der Waals surface area contributed by atoms with Crippen LogP contribution in [0.4, 0.5) is 10.5 Å². The Morgan fingerprint density at radius 2 is 2.18 bits per heavy atom. The van der Waals surface area contributed by atoms with Gasteiger partial charge in [-0.2, -0.15) is 4.68 Å². The van der Waals surface area contributed by atoms with E-state index >= 15 is 0 Å². The molecule has 2 aromatic rings. The van der Waals surface area contributed by atoms with Crippen LogP contribution < -0.4 is 5.32 Å². The molecule has 116 valence electrons. The highest BCUT2D eigenvalue weighted by Gasteiger charge is 2.11. The van der Waals surface area contributed by atoms with Gasteiger partial charge in [-0.15, -0.1) is 5.10 Å². The largest absolute Gasteiger partial charge is 0.481 e. The fourth-order valence-corrected chi connectivity index (χ4v) is 1.77. The minimum absolute atomic E-state index is 0.103. The molecule has 0 atom stereocenters. The number of aromatic nitrogens is 4. The average Bonchev–Trinajstić information content (AvgIpc) is 2.91. The first-order valence-electron chi connectivity index (χ1n) is 6.56. The number of anilines is 1. The molecule has 0 radical (unpaired) electrons. The van der Waals surface area contributed by atoms with Crippen molar-refractivity contribution in [2.45, 2.75) is 13.3 Å². The summed E-state index contributed by atoms with van der Waals surface area (Å²) in [5, 5.41) is 22.6. The quantitative estimate of drug-likeness (QED) is 0.848. The van der Waals surface area contributed by atoms with Gasteiger partial charge >= 0.3 is 12.0 Å². The molecule has 9 heteroatoms. The van der Waals surface area contributed by atoms with Crippen LogP contribution in [0.5, 0.6) is 0 Å². The number of urea groups is 1. The first-order valence-corrected chi connectivity index (χ1v) is 6.56. The number of carboxylic acids is 1. The first-order chi connectivity index (χ1) is 10.5. The number of carbonyl (C=O) groups excluding carboxylic acids is 1. The maximum absolute atomic E-state index is 12.0. The Morgan fingerprint density at radius 1 is 1.41 bits per heavy atom. The van der Waals surface area contributed by atoms with E-state index in [0.717, 1.165) is 0 Å². The molecule has 0 aliphatic rings. The summed E-state index contributed by atoms with van der Waals surface area (Å²) >= 11 is 0. The lowest BCUT2D eigenvalue weighted by Crippen LogP contribution is -2.33. The molecule has 22 heavy (non-hydrogen) atoms. The number of carboxylic acid groups (broad SMARTS) is 1. The Labute approximate surface area is 126 Å². The van der Waals surface area contributed by atoms with Gasteiger partial charge < -0.3 is 15.3 Å². The number of amides is 2. The van der Waals surface area contributed by atoms with E-state index in [1.807, 2.05) is 6.07 Å². The number of rotatable bonds is 5. The zero-order chi connectivity index (χ0) is 16.1. The van der Waals surface area contributed by atoms with E-state index in [1.54, 1.807) is 29.8 Å². The summed E-state index contributed by atoms with van der Waals surface area (Å²) in [6.45, 7) is 1.90. The maximum atomic E-state index is 12.0. The molecule has 0 fully saturated rings. The van der Waals surface area contributed by atoms with Crippen LogP contribution in [-0.2, 0) is 4.79 Å². The van der Waals surface area contributed by atoms with E-state index < -0.39 is 5.97 Å². The second-order valence-electron chi connectivity index (χ2n) is 4.68. The minimum atomic E-state index is -0.948. The lowest BCUT2D eigenvalue weighted by Gasteiger charge is -2.17. The van der Waals surface area contributed by atoms with E-state index in [1.165, 1.54) is 11.9 Å². The van der Waals surface area contributed by atoms with E-state index in [4.69, 9.17) is 5.11 Å². The lowest BCUT2D eigenvalue weighted by molar-refractivity contribution is -0.137. The van der Waals surface area contributed by atoms with Crippen LogP contribution in [0.2, 0.25) is 0 Å². The molecule has 2 N–H and O–H groups in total. The third-order valence-electron chi connectivity index (χ3n) is 2.98. The average molecular weight is 304 g/mol. The number of nitrogens with one attached hydrogen (secondary N) is 1. The molecule has 0 unspecified atom stereocenters. The fourth-order valence-electron chi connectivity index (χ4n) is 1.77. The highest BCUT2D eigenvalue weighted by molar-refractivity contribution is 5.89. The number of aliphatic carboxylic acids is 1. The number of aryl methyl sites for hydroxylation is 1. The molecule has 9 nitrogen and oxygen atoms in total. The van der Waals surface area contributed by atoms with E-state index in [-0.39, 0.29) is 19.0 Å². The molecule has 1 aromatic heterocycles. The zero-order valence-electron chi connectivity index (χ0n) is 12.2. The summed E-state index contributed by atoms with van der Waals surface area (Å²) in [4.78, 5) is 23.8. The van der Waals surface area contributed by atoms with E-state index in [0.29, 0.717) is 17.2 Å². The fraction of sp³-hybridized carbons (Fsp3) is 0.308. The zero-order valence-corrected chi connectivity index (χ0v) is 12.2. The number of carbonyl (C=O) groups is 2. The van der Waals surface area contributed by atoms with Crippen molar-refractivity contribution in [3.05, 3.63) is 30.1 Å². The molecule has 1 heterocycles. The monoisotopic (exact) mass is 304 g/mol. The Balaban J connectivity index is 2.06. The Bertz CT molecular complexity index is 684.